The van der Waals surface area contributed by atoms with Gasteiger partial charge in [0.25, 0.3) is 0 Å². The quantitative estimate of drug-likeness (QED) is 0.697. The summed E-state index contributed by atoms with van der Waals surface area (Å²) >= 11 is 0. The molecule has 0 saturated carbocycles. The van der Waals surface area contributed by atoms with E-state index in [9.17, 15) is 13.2 Å². The molecule has 1 fully saturated rings. The van der Waals surface area contributed by atoms with Crippen molar-refractivity contribution < 1.29 is 17.9 Å². The molecule has 0 aromatic rings. The molecule has 0 aliphatic carbocycles. The Morgan fingerprint density at radius 3 is 2.45 bits per heavy atom. The Kier molecular flexibility index (Phi) is 7.84. The molecule has 1 N–H and O–H groups in total. The first kappa shape index (κ1) is 17.7. The predicted molar refractivity (Wildman–Crippen MR) is 73.8 cm³/mol. The molecule has 0 spiro atoms. The number of hydrogen-bond acceptors (Lipinski definition) is 3. The van der Waals surface area contributed by atoms with Crippen molar-refractivity contribution in [3.8, 4) is 0 Å². The summed E-state index contributed by atoms with van der Waals surface area (Å²) in [7, 11) is 0. The third kappa shape index (κ3) is 8.76. The second-order valence-corrected chi connectivity index (χ2v) is 5.87. The first-order valence-electron chi connectivity index (χ1n) is 7.47. The zero-order chi connectivity index (χ0) is 15.0. The summed E-state index contributed by atoms with van der Waals surface area (Å²) in [5.74, 6) is 0.732. The zero-order valence-electron chi connectivity index (χ0n) is 12.5. The van der Waals surface area contributed by atoms with Gasteiger partial charge in [-0.25, -0.2) is 0 Å². The molecule has 1 rings (SSSR count). The molecule has 0 aromatic carbocycles. The number of likely N-dealkylation sites (tertiary alicyclic amines) is 1. The number of hydrogen-bond donors (Lipinski definition) is 1. The standard InChI is InChI=1S/C14H27F3N2O/c1-12(2)18-10-13-4-7-19(8-5-13)6-3-9-20-11-14(15,16)17/h12-13,18H,3-11H2,1-2H3. The molecule has 1 heterocycles. The minimum atomic E-state index is -4.21. The lowest BCUT2D eigenvalue weighted by molar-refractivity contribution is -0.174. The number of piperidine rings is 1. The Morgan fingerprint density at radius 1 is 1.25 bits per heavy atom. The second-order valence-electron chi connectivity index (χ2n) is 5.87. The molecule has 3 nitrogen and oxygen atoms in total. The van der Waals surface area contributed by atoms with E-state index in [0.29, 0.717) is 12.5 Å². The van der Waals surface area contributed by atoms with E-state index in [-0.39, 0.29) is 6.61 Å². The van der Waals surface area contributed by atoms with E-state index < -0.39 is 12.8 Å². The number of rotatable bonds is 8. The maximum atomic E-state index is 11.9. The summed E-state index contributed by atoms with van der Waals surface area (Å²) in [5, 5.41) is 3.46. The van der Waals surface area contributed by atoms with Crippen molar-refractivity contribution in [2.75, 3.05) is 39.4 Å². The van der Waals surface area contributed by atoms with Crippen LogP contribution in [0.3, 0.4) is 0 Å². The topological polar surface area (TPSA) is 24.5 Å². The van der Waals surface area contributed by atoms with Crippen molar-refractivity contribution in [3.63, 3.8) is 0 Å². The van der Waals surface area contributed by atoms with Gasteiger partial charge < -0.3 is 15.0 Å². The highest BCUT2D eigenvalue weighted by atomic mass is 19.4. The van der Waals surface area contributed by atoms with Crippen LogP contribution in [-0.4, -0.2) is 56.5 Å². The van der Waals surface area contributed by atoms with Crippen molar-refractivity contribution in [3.05, 3.63) is 0 Å². The average molecular weight is 296 g/mol. The lowest BCUT2D eigenvalue weighted by atomic mass is 9.96. The summed E-state index contributed by atoms with van der Waals surface area (Å²) in [6, 6.07) is 0.527. The monoisotopic (exact) mass is 296 g/mol. The van der Waals surface area contributed by atoms with Crippen molar-refractivity contribution in [2.45, 2.75) is 45.3 Å². The molecule has 0 unspecified atom stereocenters. The van der Waals surface area contributed by atoms with Crippen LogP contribution in [0.4, 0.5) is 13.2 Å². The largest absolute Gasteiger partial charge is 0.411 e. The SMILES string of the molecule is CC(C)NCC1CCN(CCCOCC(F)(F)F)CC1. The summed E-state index contributed by atoms with van der Waals surface area (Å²) in [5.41, 5.74) is 0. The van der Waals surface area contributed by atoms with Crippen molar-refractivity contribution >= 4 is 0 Å². The van der Waals surface area contributed by atoms with Crippen LogP contribution in [0.1, 0.15) is 33.1 Å². The van der Waals surface area contributed by atoms with Crippen molar-refractivity contribution in [1.29, 1.82) is 0 Å². The van der Waals surface area contributed by atoms with E-state index in [1.165, 1.54) is 12.8 Å². The maximum Gasteiger partial charge on any atom is 0.411 e. The van der Waals surface area contributed by atoms with Crippen LogP contribution in [0.15, 0.2) is 0 Å². The Balaban J connectivity index is 1.99. The van der Waals surface area contributed by atoms with E-state index in [4.69, 9.17) is 0 Å². The van der Waals surface area contributed by atoms with E-state index in [1.54, 1.807) is 0 Å². The van der Waals surface area contributed by atoms with E-state index in [0.717, 1.165) is 32.1 Å². The van der Waals surface area contributed by atoms with Gasteiger partial charge in [-0.15, -0.1) is 0 Å². The molecule has 0 amide bonds. The molecule has 1 aliphatic rings. The highest BCUT2D eigenvalue weighted by molar-refractivity contribution is 4.74. The summed E-state index contributed by atoms with van der Waals surface area (Å²) in [6.45, 7) is 7.35. The fraction of sp³-hybridized carbons (Fsp3) is 1.00. The first-order valence-corrected chi connectivity index (χ1v) is 7.47. The molecule has 1 saturated heterocycles. The van der Waals surface area contributed by atoms with Gasteiger partial charge in [0.15, 0.2) is 0 Å². The zero-order valence-corrected chi connectivity index (χ0v) is 12.5. The molecule has 6 heteroatoms. The van der Waals surface area contributed by atoms with Gasteiger partial charge in [0.1, 0.15) is 6.61 Å². The van der Waals surface area contributed by atoms with Crippen molar-refractivity contribution in [1.82, 2.24) is 10.2 Å². The Labute approximate surface area is 119 Å². The minimum Gasteiger partial charge on any atom is -0.372 e. The third-order valence-electron chi connectivity index (χ3n) is 3.55. The van der Waals surface area contributed by atoms with Gasteiger partial charge in [0.2, 0.25) is 0 Å². The first-order chi connectivity index (χ1) is 9.37. The molecule has 120 valence electrons. The number of nitrogens with zero attached hydrogens (tertiary/aromatic N) is 1. The van der Waals surface area contributed by atoms with Gasteiger partial charge in [0, 0.05) is 19.2 Å². The Bertz CT molecular complexity index is 251. The lowest BCUT2D eigenvalue weighted by Crippen LogP contribution is -2.39. The molecule has 0 atom stereocenters. The van der Waals surface area contributed by atoms with Crippen LogP contribution < -0.4 is 5.32 Å². The van der Waals surface area contributed by atoms with Gasteiger partial charge in [-0.2, -0.15) is 13.2 Å². The van der Waals surface area contributed by atoms with Gasteiger partial charge in [-0.1, -0.05) is 13.8 Å². The van der Waals surface area contributed by atoms with Crippen LogP contribution in [0, 0.1) is 5.92 Å². The van der Waals surface area contributed by atoms with Crippen LogP contribution >= 0.6 is 0 Å². The molecular weight excluding hydrogens is 269 g/mol. The molecule has 0 bridgehead atoms. The molecule has 1 aliphatic heterocycles. The Hall–Kier alpha value is -0.330. The highest BCUT2D eigenvalue weighted by Gasteiger charge is 2.27. The van der Waals surface area contributed by atoms with Gasteiger partial charge in [0.05, 0.1) is 0 Å². The van der Waals surface area contributed by atoms with Gasteiger partial charge in [-0.05, 0) is 44.8 Å². The van der Waals surface area contributed by atoms with Gasteiger partial charge in [-0.3, -0.25) is 0 Å². The minimum absolute atomic E-state index is 0.189. The number of halogens is 3. The fourth-order valence-corrected chi connectivity index (χ4v) is 2.39. The summed E-state index contributed by atoms with van der Waals surface area (Å²) in [6.07, 6.45) is -1.20. The number of nitrogens with one attached hydrogen (secondary N) is 1. The predicted octanol–water partition coefficient (Wildman–Crippen LogP) is 2.67. The summed E-state index contributed by atoms with van der Waals surface area (Å²) in [4.78, 5) is 2.32. The molecule has 20 heavy (non-hydrogen) atoms. The smallest absolute Gasteiger partial charge is 0.372 e. The lowest BCUT2D eigenvalue weighted by Gasteiger charge is -2.32. The number of ether oxygens (including phenoxy) is 1. The van der Waals surface area contributed by atoms with Crippen LogP contribution in [0.25, 0.3) is 0 Å². The maximum absolute atomic E-state index is 11.9. The molecule has 0 aromatic heterocycles. The third-order valence-corrected chi connectivity index (χ3v) is 3.55. The van der Waals surface area contributed by atoms with E-state index in [1.807, 2.05) is 0 Å². The molecular formula is C14H27F3N2O. The van der Waals surface area contributed by atoms with E-state index in [2.05, 4.69) is 28.8 Å². The van der Waals surface area contributed by atoms with E-state index >= 15 is 0 Å². The summed E-state index contributed by atoms with van der Waals surface area (Å²) < 4.78 is 40.2. The Morgan fingerprint density at radius 2 is 1.90 bits per heavy atom. The number of alkyl halides is 3. The fourth-order valence-electron chi connectivity index (χ4n) is 2.39. The average Bonchev–Trinajstić information content (AvgIpc) is 2.36. The second kappa shape index (κ2) is 8.85. The van der Waals surface area contributed by atoms with Crippen molar-refractivity contribution in [2.24, 2.45) is 5.92 Å². The van der Waals surface area contributed by atoms with Gasteiger partial charge >= 0.3 is 6.18 Å². The van der Waals surface area contributed by atoms with Crippen LogP contribution in [-0.2, 0) is 4.74 Å². The van der Waals surface area contributed by atoms with Crippen LogP contribution in [0.5, 0.6) is 0 Å². The highest BCUT2D eigenvalue weighted by Crippen LogP contribution is 2.17. The normalized spacial score (nSPS) is 18.9. The molecule has 0 radical (unpaired) electrons. The van der Waals surface area contributed by atoms with Crippen LogP contribution in [0.2, 0.25) is 0 Å².